The molecule has 2 aromatic heterocycles. The zero-order valence-corrected chi connectivity index (χ0v) is 12.9. The maximum atomic E-state index is 13.0. The third kappa shape index (κ3) is 2.88. The van der Waals surface area contributed by atoms with Crippen molar-refractivity contribution < 1.29 is 13.6 Å². The van der Waals surface area contributed by atoms with Gasteiger partial charge in [-0.1, -0.05) is 0 Å². The van der Waals surface area contributed by atoms with Gasteiger partial charge in [0.25, 0.3) is 0 Å². The summed E-state index contributed by atoms with van der Waals surface area (Å²) < 4.78 is 10.0. The van der Waals surface area contributed by atoms with Crippen LogP contribution in [-0.2, 0) is 17.9 Å². The van der Waals surface area contributed by atoms with Crippen molar-refractivity contribution in [3.63, 3.8) is 0 Å². The van der Waals surface area contributed by atoms with Crippen LogP contribution in [0.2, 0.25) is 0 Å². The largest absolute Gasteiger partial charge is 0.451 e. The molecule has 1 atom stereocenters. The molecule has 2 aromatic rings. The molecule has 2 aliphatic rings. The fourth-order valence-electron chi connectivity index (χ4n) is 3.63. The van der Waals surface area contributed by atoms with Gasteiger partial charge in [0.05, 0.1) is 24.5 Å². The van der Waals surface area contributed by atoms with Crippen molar-refractivity contribution in [3.05, 3.63) is 36.7 Å². The van der Waals surface area contributed by atoms with Gasteiger partial charge in [0.2, 0.25) is 5.91 Å². The highest BCUT2D eigenvalue weighted by Gasteiger charge is 2.58. The predicted octanol–water partition coefficient (Wildman–Crippen LogP) is 1.58. The first-order valence-corrected chi connectivity index (χ1v) is 8.00. The summed E-state index contributed by atoms with van der Waals surface area (Å²) in [6.07, 6.45) is 9.11. The molecule has 1 aliphatic heterocycles. The molecule has 7 heteroatoms. The van der Waals surface area contributed by atoms with E-state index in [1.807, 2.05) is 4.90 Å². The van der Waals surface area contributed by atoms with Crippen LogP contribution in [0.15, 0.2) is 34.1 Å². The number of nitrogens with one attached hydrogen (secondary N) is 1. The van der Waals surface area contributed by atoms with Crippen LogP contribution in [0, 0.1) is 11.3 Å². The van der Waals surface area contributed by atoms with E-state index in [0.29, 0.717) is 13.1 Å². The first-order valence-electron chi connectivity index (χ1n) is 8.00. The number of rotatable bonds is 5. The Morgan fingerprint density at radius 3 is 2.30 bits per heavy atom. The quantitative estimate of drug-likeness (QED) is 0.901. The van der Waals surface area contributed by atoms with Crippen LogP contribution in [0.25, 0.3) is 0 Å². The fourth-order valence-corrected chi connectivity index (χ4v) is 3.63. The van der Waals surface area contributed by atoms with E-state index in [-0.39, 0.29) is 17.2 Å². The molecule has 122 valence electrons. The smallest absolute Gasteiger partial charge is 0.226 e. The highest BCUT2D eigenvalue weighted by Crippen LogP contribution is 2.59. The van der Waals surface area contributed by atoms with Crippen LogP contribution in [0.5, 0.6) is 0 Å². The van der Waals surface area contributed by atoms with E-state index in [9.17, 15) is 4.79 Å². The minimum Gasteiger partial charge on any atom is -0.451 e. The number of hydrogen-bond donors (Lipinski definition) is 1. The second-order valence-electron chi connectivity index (χ2n) is 6.52. The summed E-state index contributed by atoms with van der Waals surface area (Å²) in [6.45, 7) is 2.90. The Labute approximate surface area is 134 Å². The number of piperidine rings is 1. The van der Waals surface area contributed by atoms with Gasteiger partial charge >= 0.3 is 0 Å². The average Bonchev–Trinajstić information content (AvgIpc) is 2.99. The Morgan fingerprint density at radius 2 is 1.78 bits per heavy atom. The SMILES string of the molecule is O=C([C@@H]1CC12CCNCC2)N(Cc1cocn1)Cc1cocn1. The first-order chi connectivity index (χ1) is 11.3. The van der Waals surface area contributed by atoms with Crippen LogP contribution in [0.3, 0.4) is 0 Å². The maximum Gasteiger partial charge on any atom is 0.226 e. The van der Waals surface area contributed by atoms with Gasteiger partial charge in [0.15, 0.2) is 12.8 Å². The molecule has 1 spiro atoms. The summed E-state index contributed by atoms with van der Waals surface area (Å²) in [4.78, 5) is 23.1. The summed E-state index contributed by atoms with van der Waals surface area (Å²) in [7, 11) is 0. The number of amides is 1. The molecule has 1 amide bonds. The molecule has 23 heavy (non-hydrogen) atoms. The lowest BCUT2D eigenvalue weighted by Gasteiger charge is -2.26. The minimum atomic E-state index is 0.128. The van der Waals surface area contributed by atoms with E-state index in [0.717, 1.165) is 43.7 Å². The third-order valence-corrected chi connectivity index (χ3v) is 5.07. The summed E-state index contributed by atoms with van der Waals surface area (Å²) >= 11 is 0. The molecule has 4 rings (SSSR count). The summed E-state index contributed by atoms with van der Waals surface area (Å²) in [6, 6.07) is 0. The number of nitrogens with zero attached hydrogens (tertiary/aromatic N) is 3. The van der Waals surface area contributed by atoms with E-state index in [4.69, 9.17) is 8.83 Å². The molecule has 1 saturated heterocycles. The van der Waals surface area contributed by atoms with Crippen molar-refractivity contribution in [1.82, 2.24) is 20.2 Å². The maximum absolute atomic E-state index is 13.0. The molecule has 7 nitrogen and oxygen atoms in total. The van der Waals surface area contributed by atoms with Gasteiger partial charge in [-0.3, -0.25) is 4.79 Å². The zero-order valence-electron chi connectivity index (χ0n) is 12.9. The van der Waals surface area contributed by atoms with Gasteiger partial charge in [-0.05, 0) is 37.8 Å². The Balaban J connectivity index is 1.49. The normalized spacial score (nSPS) is 22.2. The van der Waals surface area contributed by atoms with E-state index < -0.39 is 0 Å². The molecule has 3 heterocycles. The van der Waals surface area contributed by atoms with Crippen molar-refractivity contribution >= 4 is 5.91 Å². The highest BCUT2D eigenvalue weighted by atomic mass is 16.3. The molecule has 1 N–H and O–H groups in total. The second kappa shape index (κ2) is 5.81. The second-order valence-corrected chi connectivity index (χ2v) is 6.52. The van der Waals surface area contributed by atoms with Crippen molar-refractivity contribution in [1.29, 1.82) is 0 Å². The molecule has 1 saturated carbocycles. The molecule has 0 unspecified atom stereocenters. The van der Waals surface area contributed by atoms with Crippen molar-refractivity contribution in [3.8, 4) is 0 Å². The third-order valence-electron chi connectivity index (χ3n) is 5.07. The Kier molecular flexibility index (Phi) is 3.65. The van der Waals surface area contributed by atoms with Gasteiger partial charge in [-0.15, -0.1) is 0 Å². The van der Waals surface area contributed by atoms with E-state index in [1.165, 1.54) is 12.8 Å². The summed E-state index contributed by atoms with van der Waals surface area (Å²) in [5.41, 5.74) is 1.72. The van der Waals surface area contributed by atoms with Crippen molar-refractivity contribution in [2.45, 2.75) is 32.4 Å². The predicted molar refractivity (Wildman–Crippen MR) is 79.9 cm³/mol. The van der Waals surface area contributed by atoms with Gasteiger partial charge in [0, 0.05) is 5.92 Å². The number of carbonyl (C=O) groups is 1. The van der Waals surface area contributed by atoms with Gasteiger partial charge < -0.3 is 19.1 Å². The summed E-state index contributed by atoms with van der Waals surface area (Å²) in [5.74, 6) is 0.321. The number of oxazole rings is 2. The lowest BCUT2D eigenvalue weighted by molar-refractivity contribution is -0.135. The van der Waals surface area contributed by atoms with E-state index >= 15 is 0 Å². The van der Waals surface area contributed by atoms with Crippen LogP contribution >= 0.6 is 0 Å². The summed E-state index contributed by atoms with van der Waals surface area (Å²) in [5, 5.41) is 3.37. The molecule has 0 radical (unpaired) electrons. The Bertz CT molecular complexity index is 611. The molecule has 2 fully saturated rings. The zero-order chi connectivity index (χ0) is 15.7. The molecule has 0 bridgehead atoms. The molecular formula is C16H20N4O3. The topological polar surface area (TPSA) is 84.4 Å². The monoisotopic (exact) mass is 316 g/mol. The van der Waals surface area contributed by atoms with Crippen LogP contribution in [0.1, 0.15) is 30.7 Å². The standard InChI is InChI=1S/C16H20N4O3/c21-15(14-5-16(14)1-3-17-4-2-16)20(6-12-8-22-10-18-12)7-13-9-23-11-19-13/h8-11,14,17H,1-7H2/t14-/m0/s1. The van der Waals surface area contributed by atoms with Crippen molar-refractivity contribution in [2.24, 2.45) is 11.3 Å². The number of aromatic nitrogens is 2. The minimum absolute atomic E-state index is 0.128. The average molecular weight is 316 g/mol. The number of hydrogen-bond acceptors (Lipinski definition) is 6. The Morgan fingerprint density at radius 1 is 1.17 bits per heavy atom. The first kappa shape index (κ1) is 14.4. The highest BCUT2D eigenvalue weighted by molar-refractivity contribution is 5.82. The Hall–Kier alpha value is -2.15. The molecular weight excluding hydrogens is 296 g/mol. The van der Waals surface area contributed by atoms with E-state index in [1.54, 1.807) is 12.5 Å². The lowest BCUT2D eigenvalue weighted by atomic mass is 9.91. The fraction of sp³-hybridized carbons (Fsp3) is 0.562. The van der Waals surface area contributed by atoms with Gasteiger partial charge in [-0.2, -0.15) is 0 Å². The van der Waals surface area contributed by atoms with Crippen LogP contribution in [0.4, 0.5) is 0 Å². The van der Waals surface area contributed by atoms with Crippen LogP contribution < -0.4 is 5.32 Å². The van der Waals surface area contributed by atoms with Crippen LogP contribution in [-0.4, -0.2) is 33.9 Å². The van der Waals surface area contributed by atoms with Gasteiger partial charge in [0.1, 0.15) is 12.5 Å². The molecule has 0 aromatic carbocycles. The van der Waals surface area contributed by atoms with E-state index in [2.05, 4.69) is 15.3 Å². The number of carbonyl (C=O) groups excluding carboxylic acids is 1. The van der Waals surface area contributed by atoms with Gasteiger partial charge in [-0.25, -0.2) is 9.97 Å². The van der Waals surface area contributed by atoms with Crippen molar-refractivity contribution in [2.75, 3.05) is 13.1 Å². The lowest BCUT2D eigenvalue weighted by Crippen LogP contribution is -2.36. The molecule has 1 aliphatic carbocycles.